The Kier molecular flexibility index (Phi) is 6.10. The third kappa shape index (κ3) is 4.64. The van der Waals surface area contributed by atoms with Crippen LogP contribution < -0.4 is 5.32 Å². The summed E-state index contributed by atoms with van der Waals surface area (Å²) < 4.78 is 46.3. The van der Waals surface area contributed by atoms with E-state index in [2.05, 4.69) is 5.32 Å². The molecule has 3 heterocycles. The molecule has 1 N–H and O–H groups in total. The third-order valence-corrected chi connectivity index (χ3v) is 7.10. The van der Waals surface area contributed by atoms with Crippen LogP contribution in [0, 0.1) is 0 Å². The number of nitrogens with zero attached hydrogens (tertiary/aromatic N) is 1. The molecule has 0 radical (unpaired) electrons. The number of fused-ring (bicyclic) bond motifs is 1. The lowest BCUT2D eigenvalue weighted by Gasteiger charge is -2.14. The van der Waals surface area contributed by atoms with Crippen LogP contribution in [0.2, 0.25) is 0 Å². The molecule has 5 nitrogen and oxygen atoms in total. The molecule has 31 heavy (non-hydrogen) atoms. The predicted molar refractivity (Wildman–Crippen MR) is 114 cm³/mol. The lowest BCUT2D eigenvalue weighted by Crippen LogP contribution is -2.23. The zero-order chi connectivity index (χ0) is 22.0. The van der Waals surface area contributed by atoms with Gasteiger partial charge in [0.15, 0.2) is 6.61 Å². The lowest BCUT2D eigenvalue weighted by atomic mass is 10.1. The van der Waals surface area contributed by atoms with E-state index in [1.165, 1.54) is 23.5 Å². The minimum absolute atomic E-state index is 0.381. The van der Waals surface area contributed by atoms with Gasteiger partial charge in [-0.05, 0) is 42.0 Å². The molecule has 162 valence electrons. The Labute approximate surface area is 184 Å². The molecule has 0 unspecified atom stereocenters. The topological polar surface area (TPSA) is 60.3 Å². The monoisotopic (exact) mass is 466 g/mol. The van der Waals surface area contributed by atoms with E-state index in [-0.39, 0.29) is 5.69 Å². The number of carbonyl (C=O) groups excluding carboxylic acids is 2. The van der Waals surface area contributed by atoms with Gasteiger partial charge in [-0.3, -0.25) is 4.79 Å². The number of aromatic nitrogens is 1. The average Bonchev–Trinajstić information content (AvgIpc) is 3.39. The van der Waals surface area contributed by atoms with Crippen molar-refractivity contribution in [3.05, 3.63) is 70.4 Å². The molecule has 1 aliphatic heterocycles. The number of anilines is 1. The number of nitrogens with one attached hydrogen (secondary N) is 1. The number of alkyl halides is 3. The first kappa shape index (κ1) is 21.5. The number of carbonyl (C=O) groups is 2. The van der Waals surface area contributed by atoms with Gasteiger partial charge in [-0.2, -0.15) is 24.9 Å². The molecule has 0 saturated heterocycles. The fourth-order valence-corrected chi connectivity index (χ4v) is 5.74. The zero-order valence-corrected chi connectivity index (χ0v) is 17.7. The SMILES string of the molecule is O=C(COC(=O)c1c(-n2cccc2)sc2c1CCSC2)Nc1ccccc1C(F)(F)F. The van der Waals surface area contributed by atoms with Gasteiger partial charge in [-0.25, -0.2) is 4.79 Å². The van der Waals surface area contributed by atoms with Gasteiger partial charge in [-0.1, -0.05) is 12.1 Å². The van der Waals surface area contributed by atoms with E-state index < -0.39 is 30.2 Å². The molecule has 1 amide bonds. The maximum Gasteiger partial charge on any atom is 0.418 e. The van der Waals surface area contributed by atoms with Crippen molar-refractivity contribution < 1.29 is 27.5 Å². The largest absolute Gasteiger partial charge is 0.452 e. The molecule has 0 bridgehead atoms. The van der Waals surface area contributed by atoms with Gasteiger partial charge in [-0.15, -0.1) is 11.3 Å². The predicted octanol–water partition coefficient (Wildman–Crippen LogP) is 5.14. The Morgan fingerprint density at radius 3 is 2.61 bits per heavy atom. The van der Waals surface area contributed by atoms with E-state index in [4.69, 9.17) is 4.74 Å². The number of hydrogen-bond acceptors (Lipinski definition) is 5. The number of esters is 1. The molecule has 4 rings (SSSR count). The second-order valence-corrected chi connectivity index (χ2v) is 8.93. The molecule has 0 fully saturated rings. The Morgan fingerprint density at radius 2 is 1.87 bits per heavy atom. The Bertz CT molecular complexity index is 1110. The van der Waals surface area contributed by atoms with Crippen LogP contribution in [0.5, 0.6) is 0 Å². The van der Waals surface area contributed by atoms with Crippen molar-refractivity contribution in [2.45, 2.75) is 18.3 Å². The van der Waals surface area contributed by atoms with E-state index >= 15 is 0 Å². The highest BCUT2D eigenvalue weighted by Crippen LogP contribution is 2.39. The van der Waals surface area contributed by atoms with Crippen LogP contribution in [0.25, 0.3) is 5.00 Å². The number of ether oxygens (including phenoxy) is 1. The Morgan fingerprint density at radius 1 is 1.13 bits per heavy atom. The van der Waals surface area contributed by atoms with Gasteiger partial charge in [0.2, 0.25) is 0 Å². The summed E-state index contributed by atoms with van der Waals surface area (Å²) in [7, 11) is 0. The highest BCUT2D eigenvalue weighted by atomic mass is 32.2. The Balaban J connectivity index is 1.50. The summed E-state index contributed by atoms with van der Waals surface area (Å²) in [6.45, 7) is -0.685. The molecular formula is C21H17F3N2O3S2. The molecule has 10 heteroatoms. The number of amides is 1. The van der Waals surface area contributed by atoms with E-state index in [0.29, 0.717) is 17.0 Å². The van der Waals surface area contributed by atoms with Gasteiger partial charge in [0.25, 0.3) is 5.91 Å². The Hall–Kier alpha value is -2.72. The van der Waals surface area contributed by atoms with Crippen molar-refractivity contribution in [3.8, 4) is 5.00 Å². The van der Waals surface area contributed by atoms with Gasteiger partial charge in [0, 0.05) is 23.0 Å². The van der Waals surface area contributed by atoms with Crippen LogP contribution in [-0.4, -0.2) is 28.8 Å². The van der Waals surface area contributed by atoms with Crippen LogP contribution in [-0.2, 0) is 27.9 Å². The second kappa shape index (κ2) is 8.80. The van der Waals surface area contributed by atoms with Crippen LogP contribution >= 0.6 is 23.1 Å². The molecule has 3 aromatic rings. The normalized spacial score (nSPS) is 13.5. The first-order valence-corrected chi connectivity index (χ1v) is 11.3. The van der Waals surface area contributed by atoms with Crippen LogP contribution in [0.4, 0.5) is 18.9 Å². The number of thioether (sulfide) groups is 1. The molecular weight excluding hydrogens is 449 g/mol. The molecule has 0 atom stereocenters. The lowest BCUT2D eigenvalue weighted by molar-refractivity contribution is -0.137. The molecule has 1 aliphatic rings. The average molecular weight is 467 g/mol. The highest BCUT2D eigenvalue weighted by Gasteiger charge is 2.34. The molecule has 1 aromatic carbocycles. The molecule has 2 aromatic heterocycles. The van der Waals surface area contributed by atoms with E-state index in [0.717, 1.165) is 34.1 Å². The maximum atomic E-state index is 13.1. The van der Waals surface area contributed by atoms with Gasteiger partial charge in [0.1, 0.15) is 5.00 Å². The van der Waals surface area contributed by atoms with Crippen molar-refractivity contribution in [1.82, 2.24) is 4.57 Å². The summed E-state index contributed by atoms with van der Waals surface area (Å²) in [5, 5.41) is 2.89. The van der Waals surface area contributed by atoms with Crippen molar-refractivity contribution in [2.24, 2.45) is 0 Å². The summed E-state index contributed by atoms with van der Waals surface area (Å²) in [6.07, 6.45) is -0.253. The standard InChI is InChI=1S/C21H17F3N2O3S2/c22-21(23,24)14-5-1-2-6-15(14)25-17(27)11-29-20(28)18-13-7-10-30-12-16(13)31-19(18)26-8-3-4-9-26/h1-6,8-9H,7,10-12H2,(H,25,27). The number of benzene rings is 1. The smallest absolute Gasteiger partial charge is 0.418 e. The molecule has 0 saturated carbocycles. The summed E-state index contributed by atoms with van der Waals surface area (Å²) in [4.78, 5) is 26.2. The summed E-state index contributed by atoms with van der Waals surface area (Å²) in [5.41, 5.74) is -0.0109. The molecule has 0 spiro atoms. The maximum absolute atomic E-state index is 13.1. The van der Waals surface area contributed by atoms with Gasteiger partial charge >= 0.3 is 12.1 Å². The van der Waals surface area contributed by atoms with Gasteiger partial charge in [0.05, 0.1) is 16.8 Å². The zero-order valence-electron chi connectivity index (χ0n) is 16.1. The summed E-state index contributed by atoms with van der Waals surface area (Å²) in [6, 6.07) is 8.33. The van der Waals surface area contributed by atoms with Gasteiger partial charge < -0.3 is 14.6 Å². The van der Waals surface area contributed by atoms with E-state index in [1.54, 1.807) is 11.8 Å². The van der Waals surface area contributed by atoms with Crippen molar-refractivity contribution in [1.29, 1.82) is 0 Å². The minimum Gasteiger partial charge on any atom is -0.452 e. The summed E-state index contributed by atoms with van der Waals surface area (Å²) >= 11 is 3.29. The highest BCUT2D eigenvalue weighted by molar-refractivity contribution is 7.98. The van der Waals surface area contributed by atoms with Crippen molar-refractivity contribution in [3.63, 3.8) is 0 Å². The van der Waals surface area contributed by atoms with Crippen LogP contribution in [0.1, 0.15) is 26.4 Å². The van der Waals surface area contributed by atoms with Crippen molar-refractivity contribution in [2.75, 3.05) is 17.7 Å². The first-order chi connectivity index (χ1) is 14.8. The quantitative estimate of drug-likeness (QED) is 0.529. The first-order valence-electron chi connectivity index (χ1n) is 9.33. The van der Waals surface area contributed by atoms with E-state index in [1.807, 2.05) is 29.1 Å². The van der Waals surface area contributed by atoms with E-state index in [9.17, 15) is 22.8 Å². The number of hydrogen-bond donors (Lipinski definition) is 1. The van der Waals surface area contributed by atoms with Crippen molar-refractivity contribution >= 4 is 40.7 Å². The third-order valence-electron chi connectivity index (χ3n) is 4.69. The fraction of sp³-hybridized carbons (Fsp3) is 0.238. The van der Waals surface area contributed by atoms with Crippen LogP contribution in [0.3, 0.4) is 0 Å². The molecule has 0 aliphatic carbocycles. The second-order valence-electron chi connectivity index (χ2n) is 6.74. The summed E-state index contributed by atoms with van der Waals surface area (Å²) in [5.74, 6) is 0.180. The number of para-hydroxylation sites is 1. The number of halogens is 3. The fourth-order valence-electron chi connectivity index (χ4n) is 3.31. The number of thiophene rings is 1. The number of rotatable bonds is 5. The minimum atomic E-state index is -4.61. The van der Waals surface area contributed by atoms with Crippen LogP contribution in [0.15, 0.2) is 48.8 Å².